The molecule has 9 heteroatoms. The Hall–Kier alpha value is -4.63. The summed E-state index contributed by atoms with van der Waals surface area (Å²) in [7, 11) is 0. The lowest BCUT2D eigenvalue weighted by molar-refractivity contribution is -0.384. The van der Waals surface area contributed by atoms with Gasteiger partial charge >= 0.3 is 0 Å². The van der Waals surface area contributed by atoms with Crippen LogP contribution in [0.15, 0.2) is 107 Å². The molecule has 0 spiro atoms. The Bertz CT molecular complexity index is 1660. The predicted octanol–water partition coefficient (Wildman–Crippen LogP) is 6.94. The highest BCUT2D eigenvalue weighted by Crippen LogP contribution is 2.26. The second-order valence-corrected chi connectivity index (χ2v) is 9.92. The Balaban J connectivity index is 1.60. The van der Waals surface area contributed by atoms with Gasteiger partial charge in [-0.1, -0.05) is 50.2 Å². The van der Waals surface area contributed by atoms with E-state index in [1.165, 1.54) is 23.0 Å². The maximum atomic E-state index is 11.4. The van der Waals surface area contributed by atoms with Crippen LogP contribution in [0.3, 0.4) is 0 Å². The van der Waals surface area contributed by atoms with Crippen LogP contribution < -0.4 is 4.80 Å². The van der Waals surface area contributed by atoms with Gasteiger partial charge in [0.2, 0.25) is 4.80 Å². The van der Waals surface area contributed by atoms with Crippen molar-refractivity contribution in [3.05, 3.63) is 123 Å². The molecule has 0 N–H and O–H groups in total. The van der Waals surface area contributed by atoms with E-state index in [4.69, 9.17) is 10.1 Å². The summed E-state index contributed by atoms with van der Waals surface area (Å²) in [6.45, 7) is 6.25. The fourth-order valence-corrected chi connectivity index (χ4v) is 4.84. The molecule has 0 fully saturated rings. The number of non-ortho nitro benzene ring substituents is 1. The Labute approximate surface area is 224 Å². The normalized spacial score (nSPS) is 12.3. The molecule has 2 heterocycles. The second kappa shape index (κ2) is 10.8. The molecule has 2 aromatic heterocycles. The van der Waals surface area contributed by atoms with Crippen LogP contribution in [-0.2, 0) is 0 Å². The highest BCUT2D eigenvalue weighted by molar-refractivity contribution is 7.07. The van der Waals surface area contributed by atoms with E-state index < -0.39 is 4.92 Å². The first-order chi connectivity index (χ1) is 18.4. The Morgan fingerprint density at radius 1 is 1.05 bits per heavy atom. The molecular formula is C29H26N6O2S. The molecule has 0 atom stereocenters. The highest BCUT2D eigenvalue weighted by Gasteiger charge is 2.13. The van der Waals surface area contributed by atoms with Crippen LogP contribution in [0.4, 0.5) is 11.4 Å². The summed E-state index contributed by atoms with van der Waals surface area (Å²) in [4.78, 5) is 20.7. The molecule has 3 aromatic carbocycles. The zero-order chi connectivity index (χ0) is 26.6. The standard InChI is InChI=1S/C29H26N6O2S/c1-20(2)22-7-11-25(12-8-22)31-29-34(28(18-38-29)24-5-4-6-27(17-24)35(36)37)32-21(3)23-9-13-26(14-10-23)33-16-15-30-19-33/h4-20H,1-3H3. The Morgan fingerprint density at radius 2 is 1.82 bits per heavy atom. The molecule has 0 radical (unpaired) electrons. The smallest absolute Gasteiger partial charge is 0.270 e. The SMILES string of the molecule is CC(=Nn1c(-c2cccc([N+](=O)[O-])c2)csc1=Nc1ccc(C(C)C)cc1)c1ccc(-n2ccnc2)cc1. The van der Waals surface area contributed by atoms with Gasteiger partial charge in [0.05, 0.1) is 28.3 Å². The first-order valence-electron chi connectivity index (χ1n) is 12.1. The first-order valence-corrected chi connectivity index (χ1v) is 13.0. The van der Waals surface area contributed by atoms with Crippen molar-refractivity contribution in [3.63, 3.8) is 0 Å². The minimum Gasteiger partial charge on any atom is -0.306 e. The third-order valence-electron chi connectivity index (χ3n) is 6.16. The van der Waals surface area contributed by atoms with Gasteiger partial charge in [-0.25, -0.2) is 14.7 Å². The summed E-state index contributed by atoms with van der Waals surface area (Å²) < 4.78 is 3.70. The van der Waals surface area contributed by atoms with Gasteiger partial charge in [0.15, 0.2) is 0 Å². The van der Waals surface area contributed by atoms with Crippen molar-refractivity contribution in [2.75, 3.05) is 0 Å². The van der Waals surface area contributed by atoms with Gasteiger partial charge in [0, 0.05) is 41.2 Å². The monoisotopic (exact) mass is 522 g/mol. The van der Waals surface area contributed by atoms with E-state index in [0.29, 0.717) is 16.3 Å². The van der Waals surface area contributed by atoms with Gasteiger partial charge in [0.1, 0.15) is 0 Å². The fraction of sp³-hybridized carbons (Fsp3) is 0.138. The maximum Gasteiger partial charge on any atom is 0.270 e. The molecule has 190 valence electrons. The minimum atomic E-state index is -0.391. The average Bonchev–Trinajstić information content (AvgIpc) is 3.60. The summed E-state index contributed by atoms with van der Waals surface area (Å²) in [5.41, 5.74) is 6.23. The average molecular weight is 523 g/mol. The molecule has 0 unspecified atom stereocenters. The van der Waals surface area contributed by atoms with Crippen molar-refractivity contribution in [2.24, 2.45) is 10.1 Å². The third kappa shape index (κ3) is 5.37. The summed E-state index contributed by atoms with van der Waals surface area (Å²) in [6, 6.07) is 22.8. The second-order valence-electron chi connectivity index (χ2n) is 9.08. The van der Waals surface area contributed by atoms with Gasteiger partial charge in [0.25, 0.3) is 5.69 Å². The van der Waals surface area contributed by atoms with Crippen LogP contribution in [0.5, 0.6) is 0 Å². The van der Waals surface area contributed by atoms with Crippen molar-refractivity contribution < 1.29 is 4.92 Å². The number of hydrogen-bond donors (Lipinski definition) is 0. The number of thiazole rings is 1. The number of imidazole rings is 1. The lowest BCUT2D eigenvalue weighted by atomic mass is 10.0. The number of nitrogens with zero attached hydrogens (tertiary/aromatic N) is 6. The van der Waals surface area contributed by atoms with Crippen LogP contribution in [0.25, 0.3) is 16.9 Å². The van der Waals surface area contributed by atoms with Crippen LogP contribution in [-0.4, -0.2) is 24.9 Å². The predicted molar refractivity (Wildman–Crippen MR) is 151 cm³/mol. The van der Waals surface area contributed by atoms with E-state index in [2.05, 4.69) is 31.0 Å². The van der Waals surface area contributed by atoms with Crippen LogP contribution in [0.2, 0.25) is 0 Å². The molecule has 5 rings (SSSR count). The third-order valence-corrected chi connectivity index (χ3v) is 6.98. The molecule has 0 saturated heterocycles. The Morgan fingerprint density at radius 3 is 2.47 bits per heavy atom. The van der Waals surface area contributed by atoms with Crippen molar-refractivity contribution in [1.82, 2.24) is 14.2 Å². The highest BCUT2D eigenvalue weighted by atomic mass is 32.1. The summed E-state index contributed by atoms with van der Waals surface area (Å²) >= 11 is 1.44. The topological polar surface area (TPSA) is 90.6 Å². The van der Waals surface area contributed by atoms with Crippen LogP contribution in [0.1, 0.15) is 37.8 Å². The molecule has 38 heavy (non-hydrogen) atoms. The lowest BCUT2D eigenvalue weighted by Crippen LogP contribution is -2.14. The summed E-state index contributed by atoms with van der Waals surface area (Å²) in [5, 5.41) is 18.3. The molecule has 0 aliphatic heterocycles. The lowest BCUT2D eigenvalue weighted by Gasteiger charge is -2.08. The van der Waals surface area contributed by atoms with E-state index in [-0.39, 0.29) is 5.69 Å². The molecule has 0 bridgehead atoms. The molecule has 0 aliphatic carbocycles. The largest absolute Gasteiger partial charge is 0.306 e. The van der Waals surface area contributed by atoms with Gasteiger partial charge < -0.3 is 4.57 Å². The molecule has 0 saturated carbocycles. The number of aromatic nitrogens is 3. The molecule has 5 aromatic rings. The number of hydrogen-bond acceptors (Lipinski definition) is 6. The van der Waals surface area contributed by atoms with Crippen LogP contribution in [0, 0.1) is 10.1 Å². The number of benzene rings is 3. The Kier molecular flexibility index (Phi) is 7.10. The van der Waals surface area contributed by atoms with E-state index in [1.54, 1.807) is 29.3 Å². The van der Waals surface area contributed by atoms with E-state index in [0.717, 1.165) is 28.3 Å². The molecular weight excluding hydrogens is 496 g/mol. The minimum absolute atomic E-state index is 0.0267. The van der Waals surface area contributed by atoms with Gasteiger partial charge in [-0.15, -0.1) is 11.3 Å². The number of nitro groups is 1. The number of nitro benzene ring substituents is 1. The van der Waals surface area contributed by atoms with Crippen LogP contribution >= 0.6 is 11.3 Å². The zero-order valence-electron chi connectivity index (χ0n) is 21.2. The van der Waals surface area contributed by atoms with Crippen molar-refractivity contribution in [2.45, 2.75) is 26.7 Å². The summed E-state index contributed by atoms with van der Waals surface area (Å²) in [5.74, 6) is 0.434. The van der Waals surface area contributed by atoms with Gasteiger partial charge in [-0.2, -0.15) is 5.10 Å². The van der Waals surface area contributed by atoms with Crippen molar-refractivity contribution in [3.8, 4) is 16.9 Å². The fourth-order valence-electron chi connectivity index (χ4n) is 3.99. The van der Waals surface area contributed by atoms with Crippen molar-refractivity contribution >= 4 is 28.4 Å². The summed E-state index contributed by atoms with van der Waals surface area (Å²) in [6.07, 6.45) is 5.39. The quantitative estimate of drug-likeness (QED) is 0.132. The van der Waals surface area contributed by atoms with E-state index in [9.17, 15) is 10.1 Å². The molecule has 0 aliphatic rings. The van der Waals surface area contributed by atoms with E-state index in [1.807, 2.05) is 65.5 Å². The zero-order valence-corrected chi connectivity index (χ0v) is 22.0. The first kappa shape index (κ1) is 25.0. The van der Waals surface area contributed by atoms with Gasteiger partial charge in [-0.05, 0) is 48.2 Å². The van der Waals surface area contributed by atoms with Gasteiger partial charge in [-0.3, -0.25) is 10.1 Å². The molecule has 0 amide bonds. The number of rotatable bonds is 7. The maximum absolute atomic E-state index is 11.4. The molecule has 8 nitrogen and oxygen atoms in total. The van der Waals surface area contributed by atoms with Crippen molar-refractivity contribution in [1.29, 1.82) is 0 Å². The van der Waals surface area contributed by atoms with E-state index >= 15 is 0 Å².